The minimum atomic E-state index is -0.128. The van der Waals surface area contributed by atoms with Crippen LogP contribution in [0.3, 0.4) is 0 Å². The van der Waals surface area contributed by atoms with Gasteiger partial charge in [0, 0.05) is 30.7 Å². The van der Waals surface area contributed by atoms with Crippen molar-refractivity contribution in [2.24, 2.45) is 0 Å². The first-order valence-corrected chi connectivity index (χ1v) is 7.85. The van der Waals surface area contributed by atoms with E-state index in [2.05, 4.69) is 28.2 Å². The average molecular weight is 294 g/mol. The molecule has 2 nitrogen and oxygen atoms in total. The SMILES string of the molecule is Fc1cccc2c1c(CNC1CC1)cn2Cc1ccccc1. The zero-order chi connectivity index (χ0) is 14.9. The molecule has 0 radical (unpaired) electrons. The molecule has 3 aromatic rings. The number of nitrogens with one attached hydrogen (secondary N) is 1. The number of rotatable bonds is 5. The van der Waals surface area contributed by atoms with Crippen LogP contribution in [0.15, 0.2) is 54.7 Å². The standard InChI is InChI=1S/C19H19FN2/c20-17-7-4-8-18-19(17)15(11-21-16-9-10-16)13-22(18)12-14-5-2-1-3-6-14/h1-8,13,16,21H,9-12H2. The molecule has 0 spiro atoms. The van der Waals surface area contributed by atoms with Crippen LogP contribution in [0.4, 0.5) is 4.39 Å². The monoisotopic (exact) mass is 294 g/mol. The lowest BCUT2D eigenvalue weighted by atomic mass is 10.1. The molecular weight excluding hydrogens is 275 g/mol. The number of hydrogen-bond acceptors (Lipinski definition) is 1. The fourth-order valence-corrected chi connectivity index (χ4v) is 2.98. The average Bonchev–Trinajstić information content (AvgIpc) is 3.30. The minimum Gasteiger partial charge on any atom is -0.343 e. The van der Waals surface area contributed by atoms with Crippen LogP contribution >= 0.6 is 0 Å². The van der Waals surface area contributed by atoms with Crippen LogP contribution in [0, 0.1) is 5.82 Å². The maximum Gasteiger partial charge on any atom is 0.132 e. The van der Waals surface area contributed by atoms with Crippen molar-refractivity contribution in [1.82, 2.24) is 9.88 Å². The number of halogens is 1. The third-order valence-electron chi connectivity index (χ3n) is 4.29. The van der Waals surface area contributed by atoms with Crippen molar-refractivity contribution >= 4 is 10.9 Å². The van der Waals surface area contributed by atoms with Gasteiger partial charge in [-0.3, -0.25) is 0 Å². The lowest BCUT2D eigenvalue weighted by molar-refractivity contribution is 0.635. The zero-order valence-corrected chi connectivity index (χ0v) is 12.4. The molecule has 1 fully saturated rings. The van der Waals surface area contributed by atoms with Crippen LogP contribution in [-0.2, 0) is 13.1 Å². The van der Waals surface area contributed by atoms with Gasteiger partial charge in [-0.15, -0.1) is 0 Å². The van der Waals surface area contributed by atoms with Gasteiger partial charge in [-0.2, -0.15) is 0 Å². The molecule has 1 N–H and O–H groups in total. The van der Waals surface area contributed by atoms with Gasteiger partial charge >= 0.3 is 0 Å². The van der Waals surface area contributed by atoms with Crippen molar-refractivity contribution in [3.63, 3.8) is 0 Å². The second kappa shape index (κ2) is 5.58. The van der Waals surface area contributed by atoms with Gasteiger partial charge in [-0.1, -0.05) is 36.4 Å². The molecule has 112 valence electrons. The molecule has 0 atom stereocenters. The summed E-state index contributed by atoms with van der Waals surface area (Å²) in [5.41, 5.74) is 3.25. The van der Waals surface area contributed by atoms with Gasteiger partial charge in [0.1, 0.15) is 5.82 Å². The third-order valence-corrected chi connectivity index (χ3v) is 4.29. The molecule has 1 aromatic heterocycles. The Kier molecular flexibility index (Phi) is 3.43. The lowest BCUT2D eigenvalue weighted by Gasteiger charge is -2.05. The first kappa shape index (κ1) is 13.5. The number of aromatic nitrogens is 1. The second-order valence-electron chi connectivity index (χ2n) is 6.06. The topological polar surface area (TPSA) is 17.0 Å². The first-order valence-electron chi connectivity index (χ1n) is 7.85. The van der Waals surface area contributed by atoms with Gasteiger partial charge in [-0.05, 0) is 36.1 Å². The van der Waals surface area contributed by atoms with Gasteiger partial charge in [-0.25, -0.2) is 4.39 Å². The highest BCUT2D eigenvalue weighted by molar-refractivity contribution is 5.84. The molecular formula is C19H19FN2. The van der Waals surface area contributed by atoms with Crippen LogP contribution in [0.1, 0.15) is 24.0 Å². The summed E-state index contributed by atoms with van der Waals surface area (Å²) in [5.74, 6) is -0.128. The minimum absolute atomic E-state index is 0.128. The van der Waals surface area contributed by atoms with Gasteiger partial charge in [0.15, 0.2) is 0 Å². The highest BCUT2D eigenvalue weighted by atomic mass is 19.1. The summed E-state index contributed by atoms with van der Waals surface area (Å²) < 4.78 is 16.4. The number of fused-ring (bicyclic) bond motifs is 1. The maximum atomic E-state index is 14.3. The molecule has 4 rings (SSSR count). The van der Waals surface area contributed by atoms with Crippen LogP contribution in [0.25, 0.3) is 10.9 Å². The number of nitrogens with zero attached hydrogens (tertiary/aromatic N) is 1. The number of hydrogen-bond donors (Lipinski definition) is 1. The van der Waals surface area contributed by atoms with Crippen molar-refractivity contribution in [3.05, 3.63) is 71.7 Å². The summed E-state index contributed by atoms with van der Waals surface area (Å²) in [6.45, 7) is 1.51. The fraction of sp³-hybridized carbons (Fsp3) is 0.263. The predicted octanol–water partition coefficient (Wildman–Crippen LogP) is 4.08. The summed E-state index contributed by atoms with van der Waals surface area (Å²) >= 11 is 0. The van der Waals surface area contributed by atoms with Crippen molar-refractivity contribution in [2.75, 3.05) is 0 Å². The Morgan fingerprint density at radius 3 is 2.64 bits per heavy atom. The summed E-state index contributed by atoms with van der Waals surface area (Å²) in [6.07, 6.45) is 4.58. The molecule has 2 aromatic carbocycles. The van der Waals surface area contributed by atoms with E-state index in [1.54, 1.807) is 12.1 Å². The van der Waals surface area contributed by atoms with E-state index in [0.717, 1.165) is 29.6 Å². The van der Waals surface area contributed by atoms with Gasteiger partial charge in [0.2, 0.25) is 0 Å². The van der Waals surface area contributed by atoms with E-state index < -0.39 is 0 Å². The van der Waals surface area contributed by atoms with Crippen LogP contribution < -0.4 is 5.32 Å². The molecule has 0 amide bonds. The largest absolute Gasteiger partial charge is 0.343 e. The van der Waals surface area contributed by atoms with E-state index in [1.165, 1.54) is 18.4 Å². The molecule has 0 aliphatic heterocycles. The summed E-state index contributed by atoms with van der Waals surface area (Å²) in [5, 5.41) is 4.25. The highest BCUT2D eigenvalue weighted by Crippen LogP contribution is 2.27. The molecule has 1 heterocycles. The Labute approximate surface area is 129 Å². The van der Waals surface area contributed by atoms with E-state index in [-0.39, 0.29) is 5.82 Å². The Balaban J connectivity index is 1.72. The van der Waals surface area contributed by atoms with Crippen molar-refractivity contribution in [3.8, 4) is 0 Å². The smallest absolute Gasteiger partial charge is 0.132 e. The van der Waals surface area contributed by atoms with E-state index in [4.69, 9.17) is 0 Å². The Bertz CT molecular complexity index is 788. The molecule has 0 bridgehead atoms. The summed E-state index contributed by atoms with van der Waals surface area (Å²) in [6, 6.07) is 16.3. The van der Waals surface area contributed by atoms with E-state index in [1.807, 2.05) is 24.3 Å². The van der Waals surface area contributed by atoms with Crippen LogP contribution in [0.5, 0.6) is 0 Å². The Morgan fingerprint density at radius 2 is 1.86 bits per heavy atom. The van der Waals surface area contributed by atoms with Crippen molar-refractivity contribution in [2.45, 2.75) is 32.0 Å². The highest BCUT2D eigenvalue weighted by Gasteiger charge is 2.21. The molecule has 0 unspecified atom stereocenters. The fourth-order valence-electron chi connectivity index (χ4n) is 2.98. The van der Waals surface area contributed by atoms with Gasteiger partial charge in [0.25, 0.3) is 0 Å². The number of benzene rings is 2. The van der Waals surface area contributed by atoms with Crippen molar-refractivity contribution in [1.29, 1.82) is 0 Å². The third kappa shape index (κ3) is 2.64. The van der Waals surface area contributed by atoms with E-state index in [0.29, 0.717) is 6.04 Å². The Hall–Kier alpha value is -2.13. The van der Waals surface area contributed by atoms with Gasteiger partial charge < -0.3 is 9.88 Å². The van der Waals surface area contributed by atoms with Gasteiger partial charge in [0.05, 0.1) is 5.52 Å². The molecule has 1 aliphatic rings. The van der Waals surface area contributed by atoms with Crippen LogP contribution in [-0.4, -0.2) is 10.6 Å². The van der Waals surface area contributed by atoms with Crippen LogP contribution in [0.2, 0.25) is 0 Å². The summed E-state index contributed by atoms with van der Waals surface area (Å²) in [7, 11) is 0. The predicted molar refractivity (Wildman–Crippen MR) is 87.3 cm³/mol. The van der Waals surface area contributed by atoms with E-state index in [9.17, 15) is 4.39 Å². The Morgan fingerprint density at radius 1 is 1.05 bits per heavy atom. The zero-order valence-electron chi connectivity index (χ0n) is 12.4. The van der Waals surface area contributed by atoms with E-state index >= 15 is 0 Å². The molecule has 3 heteroatoms. The van der Waals surface area contributed by atoms with Crippen molar-refractivity contribution < 1.29 is 4.39 Å². The molecule has 0 saturated heterocycles. The quantitative estimate of drug-likeness (QED) is 0.750. The lowest BCUT2D eigenvalue weighted by Crippen LogP contribution is -2.15. The maximum absolute atomic E-state index is 14.3. The molecule has 22 heavy (non-hydrogen) atoms. The summed E-state index contributed by atoms with van der Waals surface area (Å²) in [4.78, 5) is 0. The molecule has 1 saturated carbocycles. The normalized spacial score (nSPS) is 14.6. The second-order valence-corrected chi connectivity index (χ2v) is 6.06. The molecule has 1 aliphatic carbocycles. The first-order chi connectivity index (χ1) is 10.8.